The van der Waals surface area contributed by atoms with Crippen molar-refractivity contribution in [2.75, 3.05) is 7.11 Å². The molecule has 0 N–H and O–H groups in total. The van der Waals surface area contributed by atoms with Crippen LogP contribution in [-0.4, -0.2) is 28.2 Å². The fraction of sp³-hybridized carbons (Fsp3) is 0.100. The number of benzene rings is 1. The predicted molar refractivity (Wildman–Crippen MR) is 57.7 cm³/mol. The number of ether oxygens (including phenoxy) is 1. The van der Waals surface area contributed by atoms with E-state index in [0.29, 0.717) is 0 Å². The summed E-state index contributed by atoms with van der Waals surface area (Å²) in [6.45, 7) is 0. The standard InChI is InChI=1S/C10H7N3O5/c1-17-10(14)9-12-11-8(18-9)6-4-2-3-5-7(6)13(15)16/h2-5H,1H3. The summed E-state index contributed by atoms with van der Waals surface area (Å²) in [5.41, 5.74) is -0.0391. The summed E-state index contributed by atoms with van der Waals surface area (Å²) in [6.07, 6.45) is 0. The molecule has 0 bridgehead atoms. The highest BCUT2D eigenvalue weighted by atomic mass is 16.6. The third kappa shape index (κ3) is 2.03. The van der Waals surface area contributed by atoms with Crippen LogP contribution in [0.1, 0.15) is 10.7 Å². The molecule has 1 heterocycles. The molecule has 0 unspecified atom stereocenters. The molecule has 0 amide bonds. The van der Waals surface area contributed by atoms with Crippen LogP contribution in [0.25, 0.3) is 11.5 Å². The molecule has 0 saturated carbocycles. The average molecular weight is 249 g/mol. The van der Waals surface area contributed by atoms with E-state index in [4.69, 9.17) is 4.42 Å². The molecule has 2 aromatic rings. The predicted octanol–water partition coefficient (Wildman–Crippen LogP) is 1.43. The van der Waals surface area contributed by atoms with E-state index in [1.165, 1.54) is 18.2 Å². The van der Waals surface area contributed by atoms with Gasteiger partial charge in [-0.1, -0.05) is 12.1 Å². The van der Waals surface area contributed by atoms with E-state index in [-0.39, 0.29) is 23.0 Å². The molecule has 0 saturated heterocycles. The van der Waals surface area contributed by atoms with Gasteiger partial charge in [0, 0.05) is 6.07 Å². The molecule has 8 heteroatoms. The fourth-order valence-electron chi connectivity index (χ4n) is 1.32. The Morgan fingerprint density at radius 1 is 1.39 bits per heavy atom. The highest BCUT2D eigenvalue weighted by Crippen LogP contribution is 2.28. The number of para-hydroxylation sites is 1. The van der Waals surface area contributed by atoms with Crippen molar-refractivity contribution in [1.82, 2.24) is 10.2 Å². The number of aromatic nitrogens is 2. The third-order valence-electron chi connectivity index (χ3n) is 2.12. The lowest BCUT2D eigenvalue weighted by Crippen LogP contribution is -2.00. The number of methoxy groups -OCH3 is 1. The van der Waals surface area contributed by atoms with Crippen molar-refractivity contribution < 1.29 is 18.9 Å². The Balaban J connectivity index is 2.46. The maximum Gasteiger partial charge on any atom is 0.396 e. The molecule has 18 heavy (non-hydrogen) atoms. The molecule has 0 fully saturated rings. The monoisotopic (exact) mass is 249 g/mol. The summed E-state index contributed by atoms with van der Waals surface area (Å²) >= 11 is 0. The second kappa shape index (κ2) is 4.62. The van der Waals surface area contributed by atoms with Crippen LogP contribution >= 0.6 is 0 Å². The van der Waals surface area contributed by atoms with E-state index < -0.39 is 10.9 Å². The molecule has 8 nitrogen and oxygen atoms in total. The first-order valence-electron chi connectivity index (χ1n) is 4.79. The highest BCUT2D eigenvalue weighted by molar-refractivity contribution is 5.84. The number of nitro groups is 1. The number of hydrogen-bond acceptors (Lipinski definition) is 7. The van der Waals surface area contributed by atoms with Crippen LogP contribution in [0.2, 0.25) is 0 Å². The Hall–Kier alpha value is -2.77. The summed E-state index contributed by atoms with van der Waals surface area (Å²) in [5.74, 6) is -1.26. The van der Waals surface area contributed by atoms with Crippen molar-refractivity contribution in [3.63, 3.8) is 0 Å². The van der Waals surface area contributed by atoms with Crippen LogP contribution in [0.15, 0.2) is 28.7 Å². The van der Waals surface area contributed by atoms with E-state index in [9.17, 15) is 14.9 Å². The summed E-state index contributed by atoms with van der Waals surface area (Å²) in [4.78, 5) is 21.4. The Labute approximate surface area is 100 Å². The van der Waals surface area contributed by atoms with Crippen molar-refractivity contribution in [2.45, 2.75) is 0 Å². The van der Waals surface area contributed by atoms with E-state index in [0.717, 1.165) is 7.11 Å². The minimum absolute atomic E-state index is 0.109. The minimum Gasteiger partial charge on any atom is -0.462 e. The molecule has 1 aromatic heterocycles. The second-order valence-corrected chi connectivity index (χ2v) is 3.18. The molecule has 0 aliphatic heterocycles. The first-order chi connectivity index (χ1) is 8.63. The zero-order chi connectivity index (χ0) is 13.1. The summed E-state index contributed by atoms with van der Waals surface area (Å²) < 4.78 is 9.41. The Morgan fingerprint density at radius 3 is 2.78 bits per heavy atom. The topological polar surface area (TPSA) is 108 Å². The SMILES string of the molecule is COC(=O)c1nnc(-c2ccccc2[N+](=O)[O-])o1. The number of hydrogen-bond donors (Lipinski definition) is 0. The molecule has 0 atom stereocenters. The number of rotatable bonds is 3. The van der Waals surface area contributed by atoms with Gasteiger partial charge in [-0.15, -0.1) is 10.2 Å². The smallest absolute Gasteiger partial charge is 0.396 e. The molecule has 1 aromatic carbocycles. The largest absolute Gasteiger partial charge is 0.462 e. The molecule has 0 radical (unpaired) electrons. The van der Waals surface area contributed by atoms with Crippen molar-refractivity contribution in [2.24, 2.45) is 0 Å². The van der Waals surface area contributed by atoms with E-state index in [1.54, 1.807) is 6.07 Å². The number of carbonyl (C=O) groups excluding carboxylic acids is 1. The maximum absolute atomic E-state index is 11.1. The average Bonchev–Trinajstić information content (AvgIpc) is 2.87. The Kier molecular flexibility index (Phi) is 3.00. The zero-order valence-electron chi connectivity index (χ0n) is 9.19. The van der Waals surface area contributed by atoms with Crippen LogP contribution in [0, 0.1) is 10.1 Å². The zero-order valence-corrected chi connectivity index (χ0v) is 9.19. The van der Waals surface area contributed by atoms with Crippen LogP contribution in [-0.2, 0) is 4.74 Å². The number of esters is 1. The summed E-state index contributed by atoms with van der Waals surface area (Å²) in [7, 11) is 1.16. The second-order valence-electron chi connectivity index (χ2n) is 3.18. The lowest BCUT2D eigenvalue weighted by Gasteiger charge is -1.96. The first kappa shape index (κ1) is 11.7. The molecule has 92 valence electrons. The lowest BCUT2D eigenvalue weighted by molar-refractivity contribution is -0.384. The van der Waals surface area contributed by atoms with E-state index >= 15 is 0 Å². The van der Waals surface area contributed by atoms with Gasteiger partial charge < -0.3 is 9.15 Å². The van der Waals surface area contributed by atoms with Gasteiger partial charge in [0.15, 0.2) is 0 Å². The Morgan fingerprint density at radius 2 is 2.11 bits per heavy atom. The van der Waals surface area contributed by atoms with Crippen LogP contribution in [0.3, 0.4) is 0 Å². The number of nitrogens with zero attached hydrogens (tertiary/aromatic N) is 3. The Bertz CT molecular complexity index is 607. The molecular formula is C10H7N3O5. The van der Waals surface area contributed by atoms with Gasteiger partial charge in [0.05, 0.1) is 12.0 Å². The maximum atomic E-state index is 11.1. The van der Waals surface area contributed by atoms with Gasteiger partial charge >= 0.3 is 11.9 Å². The van der Waals surface area contributed by atoms with Gasteiger partial charge in [-0.25, -0.2) is 4.79 Å². The van der Waals surface area contributed by atoms with Crippen LogP contribution in [0.5, 0.6) is 0 Å². The van der Waals surface area contributed by atoms with Gasteiger partial charge in [0.2, 0.25) is 0 Å². The normalized spacial score (nSPS) is 10.1. The molecule has 2 rings (SSSR count). The number of nitro benzene ring substituents is 1. The molecule has 0 spiro atoms. The minimum atomic E-state index is -0.799. The van der Waals surface area contributed by atoms with E-state index in [1.807, 2.05) is 0 Å². The quantitative estimate of drug-likeness (QED) is 0.459. The fourth-order valence-corrected chi connectivity index (χ4v) is 1.32. The van der Waals surface area contributed by atoms with Crippen molar-refractivity contribution >= 4 is 11.7 Å². The van der Waals surface area contributed by atoms with Gasteiger partial charge in [-0.2, -0.15) is 0 Å². The highest BCUT2D eigenvalue weighted by Gasteiger charge is 2.22. The lowest BCUT2D eigenvalue weighted by atomic mass is 10.2. The van der Waals surface area contributed by atoms with Gasteiger partial charge in [-0.3, -0.25) is 10.1 Å². The summed E-state index contributed by atoms with van der Waals surface area (Å²) in [6, 6.07) is 5.85. The molecular weight excluding hydrogens is 242 g/mol. The van der Waals surface area contributed by atoms with Crippen LogP contribution in [0.4, 0.5) is 5.69 Å². The molecule has 0 aliphatic carbocycles. The molecule has 0 aliphatic rings. The van der Waals surface area contributed by atoms with Crippen molar-refractivity contribution in [3.05, 3.63) is 40.3 Å². The summed E-state index contributed by atoms with van der Waals surface area (Å²) in [5, 5.41) is 17.8. The van der Waals surface area contributed by atoms with Gasteiger partial charge in [0.25, 0.3) is 11.6 Å². The first-order valence-corrected chi connectivity index (χ1v) is 4.79. The van der Waals surface area contributed by atoms with Crippen LogP contribution < -0.4 is 0 Å². The van der Waals surface area contributed by atoms with E-state index in [2.05, 4.69) is 14.9 Å². The number of carbonyl (C=O) groups is 1. The van der Waals surface area contributed by atoms with Crippen molar-refractivity contribution in [1.29, 1.82) is 0 Å². The van der Waals surface area contributed by atoms with Crippen molar-refractivity contribution in [3.8, 4) is 11.5 Å². The third-order valence-corrected chi connectivity index (χ3v) is 2.12. The van der Waals surface area contributed by atoms with Gasteiger partial charge in [0.1, 0.15) is 5.56 Å². The van der Waals surface area contributed by atoms with Gasteiger partial charge in [-0.05, 0) is 6.07 Å².